The summed E-state index contributed by atoms with van der Waals surface area (Å²) in [4.78, 5) is 10.9. The number of aromatic hydroxyl groups is 1. The molecule has 0 saturated carbocycles. The van der Waals surface area contributed by atoms with Crippen LogP contribution in [0.4, 0.5) is 8.78 Å². The quantitative estimate of drug-likeness (QED) is 0.487. The number of rotatable bonds is 2. The first kappa shape index (κ1) is 13.9. The maximum absolute atomic E-state index is 13.4. The van der Waals surface area contributed by atoms with E-state index in [1.165, 1.54) is 0 Å². The number of phenolic OH excluding ortho intramolecular Hbond substituents is 1. The number of carbonyl (C=O) groups excluding carboxylic acids is 1. The van der Waals surface area contributed by atoms with Crippen LogP contribution < -0.4 is 5.32 Å². The molecule has 0 spiro atoms. The Kier molecular flexibility index (Phi) is 4.15. The summed E-state index contributed by atoms with van der Waals surface area (Å²) in [5.74, 6) is -3.34. The van der Waals surface area contributed by atoms with Gasteiger partial charge < -0.3 is 10.4 Å². The highest BCUT2D eigenvalue weighted by molar-refractivity contribution is 9.10. The number of nitrogens with one attached hydrogen (secondary N) is 1. The summed E-state index contributed by atoms with van der Waals surface area (Å²) in [6.07, 6.45) is 0.987. The molecule has 100 valence electrons. The van der Waals surface area contributed by atoms with Crippen molar-refractivity contribution in [1.82, 2.24) is 5.32 Å². The zero-order valence-corrected chi connectivity index (χ0v) is 11.6. The van der Waals surface area contributed by atoms with Crippen LogP contribution in [0.15, 0.2) is 20.7 Å². The van der Waals surface area contributed by atoms with Crippen molar-refractivity contribution in [3.8, 4) is 5.75 Å². The number of hydrogen-bond acceptors (Lipinski definition) is 5. The molecule has 0 radical (unpaired) electrons. The van der Waals surface area contributed by atoms with E-state index in [9.17, 15) is 13.6 Å². The SMILES string of the molecule is O=C1CSC(=NN=Cc2cc(Br)c(O)c(F)c2F)N1. The van der Waals surface area contributed by atoms with Gasteiger partial charge in [-0.3, -0.25) is 4.79 Å². The van der Waals surface area contributed by atoms with Gasteiger partial charge in [-0.15, -0.1) is 5.10 Å². The topological polar surface area (TPSA) is 74.0 Å². The first-order valence-corrected chi connectivity index (χ1v) is 6.67. The van der Waals surface area contributed by atoms with Crippen molar-refractivity contribution in [2.75, 3.05) is 5.75 Å². The maximum atomic E-state index is 13.4. The third-order valence-electron chi connectivity index (χ3n) is 2.09. The van der Waals surface area contributed by atoms with Gasteiger partial charge in [-0.1, -0.05) is 11.8 Å². The number of benzene rings is 1. The van der Waals surface area contributed by atoms with Crippen LogP contribution in [0.5, 0.6) is 5.75 Å². The molecule has 1 aromatic rings. The summed E-state index contributed by atoms with van der Waals surface area (Å²) >= 11 is 4.04. The number of thioether (sulfide) groups is 1. The Balaban J connectivity index is 2.22. The summed E-state index contributed by atoms with van der Waals surface area (Å²) in [7, 11) is 0. The summed E-state index contributed by atoms with van der Waals surface area (Å²) in [6.45, 7) is 0. The predicted octanol–water partition coefficient (Wildman–Crippen LogP) is 1.99. The zero-order chi connectivity index (χ0) is 14.0. The van der Waals surface area contributed by atoms with Gasteiger partial charge in [0.25, 0.3) is 0 Å². The molecule has 19 heavy (non-hydrogen) atoms. The molecule has 9 heteroatoms. The van der Waals surface area contributed by atoms with Gasteiger partial charge in [0, 0.05) is 5.56 Å². The normalized spacial score (nSPS) is 17.4. The third-order valence-corrected chi connectivity index (χ3v) is 3.56. The predicted molar refractivity (Wildman–Crippen MR) is 71.4 cm³/mol. The Morgan fingerprint density at radius 1 is 1.47 bits per heavy atom. The van der Waals surface area contributed by atoms with E-state index in [4.69, 9.17) is 5.11 Å². The maximum Gasteiger partial charge on any atom is 0.236 e. The molecule has 1 aliphatic heterocycles. The number of nitrogens with zero attached hydrogens (tertiary/aromatic N) is 2. The van der Waals surface area contributed by atoms with Gasteiger partial charge in [0.2, 0.25) is 11.7 Å². The van der Waals surface area contributed by atoms with Crippen molar-refractivity contribution in [1.29, 1.82) is 0 Å². The highest BCUT2D eigenvalue weighted by atomic mass is 79.9. The number of carbonyl (C=O) groups is 1. The van der Waals surface area contributed by atoms with E-state index >= 15 is 0 Å². The Labute approximate surface area is 118 Å². The lowest BCUT2D eigenvalue weighted by molar-refractivity contribution is -0.116. The van der Waals surface area contributed by atoms with Crippen LogP contribution in [0.25, 0.3) is 0 Å². The van der Waals surface area contributed by atoms with E-state index in [0.717, 1.165) is 24.0 Å². The van der Waals surface area contributed by atoms with Gasteiger partial charge >= 0.3 is 0 Å². The van der Waals surface area contributed by atoms with E-state index in [0.29, 0.717) is 5.17 Å². The van der Waals surface area contributed by atoms with E-state index in [1.54, 1.807) is 0 Å². The average molecular weight is 350 g/mol. The molecule has 0 aromatic heterocycles. The van der Waals surface area contributed by atoms with Crippen molar-refractivity contribution < 1.29 is 18.7 Å². The number of hydrogen-bond donors (Lipinski definition) is 2. The molecule has 1 amide bonds. The van der Waals surface area contributed by atoms with Crippen LogP contribution in [-0.4, -0.2) is 28.1 Å². The van der Waals surface area contributed by atoms with Gasteiger partial charge in [0.05, 0.1) is 16.4 Å². The average Bonchev–Trinajstić information content (AvgIpc) is 2.79. The largest absolute Gasteiger partial charge is 0.504 e. The first-order chi connectivity index (χ1) is 8.99. The second-order valence-electron chi connectivity index (χ2n) is 3.41. The van der Waals surface area contributed by atoms with Gasteiger partial charge in [-0.2, -0.15) is 9.49 Å². The van der Waals surface area contributed by atoms with Crippen LogP contribution in [-0.2, 0) is 4.79 Å². The van der Waals surface area contributed by atoms with Crippen molar-refractivity contribution in [2.45, 2.75) is 0 Å². The lowest BCUT2D eigenvalue weighted by atomic mass is 10.2. The van der Waals surface area contributed by atoms with Gasteiger partial charge in [0.1, 0.15) is 0 Å². The van der Waals surface area contributed by atoms with Crippen molar-refractivity contribution in [2.24, 2.45) is 10.2 Å². The number of amides is 1. The molecule has 2 rings (SSSR count). The number of halogens is 3. The molecule has 1 fully saturated rings. The molecule has 0 unspecified atom stereocenters. The minimum Gasteiger partial charge on any atom is -0.504 e. The van der Waals surface area contributed by atoms with Gasteiger partial charge in [-0.25, -0.2) is 4.39 Å². The molecule has 0 aliphatic carbocycles. The van der Waals surface area contributed by atoms with Crippen molar-refractivity contribution >= 4 is 45.0 Å². The molecule has 0 atom stereocenters. The fourth-order valence-electron chi connectivity index (χ4n) is 1.22. The van der Waals surface area contributed by atoms with Crippen LogP contribution in [0, 0.1) is 11.6 Å². The molecule has 1 aromatic carbocycles. The summed E-state index contributed by atoms with van der Waals surface area (Å²) in [5.41, 5.74) is -0.180. The zero-order valence-electron chi connectivity index (χ0n) is 9.15. The van der Waals surface area contributed by atoms with Crippen LogP contribution in [0.3, 0.4) is 0 Å². The van der Waals surface area contributed by atoms with Crippen molar-refractivity contribution in [3.05, 3.63) is 27.7 Å². The summed E-state index contributed by atoms with van der Waals surface area (Å²) in [5, 5.41) is 19.1. The third kappa shape index (κ3) is 3.10. The fourth-order valence-corrected chi connectivity index (χ4v) is 2.27. The smallest absolute Gasteiger partial charge is 0.236 e. The second kappa shape index (κ2) is 5.66. The lowest BCUT2D eigenvalue weighted by Crippen LogP contribution is -2.19. The standard InChI is InChI=1S/C10H6BrF2N3O2S/c11-5-1-4(7(12)8(13)9(5)18)2-14-16-10-15-6(17)3-19-10/h1-2,18H,3H2,(H,15,16,17). The minimum atomic E-state index is -1.37. The Morgan fingerprint density at radius 3 is 2.84 bits per heavy atom. The summed E-state index contributed by atoms with van der Waals surface area (Å²) in [6, 6.07) is 1.16. The Bertz CT molecular complexity index is 607. The number of phenols is 1. The molecule has 1 heterocycles. The van der Waals surface area contributed by atoms with E-state index < -0.39 is 17.4 Å². The van der Waals surface area contributed by atoms with Crippen LogP contribution >= 0.6 is 27.7 Å². The monoisotopic (exact) mass is 349 g/mol. The molecule has 5 nitrogen and oxygen atoms in total. The molecule has 1 aliphatic rings. The molecular formula is C10H6BrF2N3O2S. The Hall–Kier alpha value is -1.48. The lowest BCUT2D eigenvalue weighted by Gasteiger charge is -2.02. The molecular weight excluding hydrogens is 344 g/mol. The highest BCUT2D eigenvalue weighted by Crippen LogP contribution is 2.30. The van der Waals surface area contributed by atoms with Crippen LogP contribution in [0.2, 0.25) is 0 Å². The van der Waals surface area contributed by atoms with Gasteiger partial charge in [-0.05, 0) is 22.0 Å². The second-order valence-corrected chi connectivity index (χ2v) is 5.23. The molecule has 1 saturated heterocycles. The minimum absolute atomic E-state index is 0.00375. The van der Waals surface area contributed by atoms with E-state index in [2.05, 4.69) is 31.4 Å². The Morgan fingerprint density at radius 2 is 2.21 bits per heavy atom. The van der Waals surface area contributed by atoms with Crippen molar-refractivity contribution in [3.63, 3.8) is 0 Å². The van der Waals surface area contributed by atoms with Crippen LogP contribution in [0.1, 0.15) is 5.56 Å². The van der Waals surface area contributed by atoms with E-state index in [-0.39, 0.29) is 21.7 Å². The van der Waals surface area contributed by atoms with E-state index in [1.807, 2.05) is 0 Å². The highest BCUT2D eigenvalue weighted by Gasteiger charge is 2.17. The molecule has 0 bridgehead atoms. The summed E-state index contributed by atoms with van der Waals surface area (Å²) < 4.78 is 26.7. The fraction of sp³-hybridized carbons (Fsp3) is 0.100. The molecule has 2 N–H and O–H groups in total. The number of amidine groups is 1. The van der Waals surface area contributed by atoms with Gasteiger partial charge in [0.15, 0.2) is 16.7 Å². The first-order valence-electron chi connectivity index (χ1n) is 4.89.